The van der Waals surface area contributed by atoms with Gasteiger partial charge in [0.1, 0.15) is 0 Å². The Kier molecular flexibility index (Phi) is 7.09. The molecule has 23 heavy (non-hydrogen) atoms. The first-order valence-corrected chi connectivity index (χ1v) is 7.96. The van der Waals surface area contributed by atoms with Crippen LogP contribution in [0.3, 0.4) is 0 Å². The van der Waals surface area contributed by atoms with Crippen molar-refractivity contribution < 1.29 is 9.26 Å². The zero-order valence-electron chi connectivity index (χ0n) is 13.8. The SMILES string of the molecule is CN=C(NCc1cc(C)no1)N1CCC(N2CCOCC2)C1.I. The summed E-state index contributed by atoms with van der Waals surface area (Å²) in [5.41, 5.74) is 0.903. The highest BCUT2D eigenvalue weighted by atomic mass is 127. The van der Waals surface area contributed by atoms with Gasteiger partial charge < -0.3 is 19.5 Å². The molecule has 0 aromatic carbocycles. The van der Waals surface area contributed by atoms with Crippen LogP contribution in [0, 0.1) is 6.92 Å². The van der Waals surface area contributed by atoms with Crippen molar-refractivity contribution in [1.82, 2.24) is 20.3 Å². The summed E-state index contributed by atoms with van der Waals surface area (Å²) >= 11 is 0. The monoisotopic (exact) mass is 435 g/mol. The topological polar surface area (TPSA) is 66.1 Å². The smallest absolute Gasteiger partial charge is 0.194 e. The summed E-state index contributed by atoms with van der Waals surface area (Å²) < 4.78 is 10.7. The Hall–Kier alpha value is -0.870. The number of nitrogens with one attached hydrogen (secondary N) is 1. The molecule has 0 amide bonds. The Morgan fingerprint density at radius 2 is 2.17 bits per heavy atom. The Balaban J connectivity index is 0.00000192. The molecule has 8 heteroatoms. The number of aliphatic imine (C=N–C) groups is 1. The maximum absolute atomic E-state index is 5.44. The second-order valence-electron chi connectivity index (χ2n) is 5.87. The third kappa shape index (κ3) is 4.80. The number of guanidine groups is 1. The largest absolute Gasteiger partial charge is 0.379 e. The Bertz CT molecular complexity index is 516. The van der Waals surface area contributed by atoms with Crippen molar-refractivity contribution in [2.45, 2.75) is 25.9 Å². The summed E-state index contributed by atoms with van der Waals surface area (Å²) in [5.74, 6) is 1.77. The number of hydrogen-bond acceptors (Lipinski definition) is 5. The minimum Gasteiger partial charge on any atom is -0.379 e. The van der Waals surface area contributed by atoms with E-state index in [4.69, 9.17) is 9.26 Å². The van der Waals surface area contributed by atoms with Gasteiger partial charge in [-0.25, -0.2) is 0 Å². The highest BCUT2D eigenvalue weighted by Gasteiger charge is 2.30. The summed E-state index contributed by atoms with van der Waals surface area (Å²) in [7, 11) is 1.83. The fourth-order valence-electron chi connectivity index (χ4n) is 3.17. The lowest BCUT2D eigenvalue weighted by atomic mass is 10.2. The van der Waals surface area contributed by atoms with Crippen LogP contribution >= 0.6 is 24.0 Å². The molecule has 3 heterocycles. The van der Waals surface area contributed by atoms with Gasteiger partial charge in [-0.05, 0) is 13.3 Å². The minimum atomic E-state index is 0. The van der Waals surface area contributed by atoms with E-state index in [0.29, 0.717) is 12.6 Å². The van der Waals surface area contributed by atoms with Gasteiger partial charge >= 0.3 is 0 Å². The molecule has 3 rings (SSSR count). The van der Waals surface area contributed by atoms with Crippen LogP contribution in [0.2, 0.25) is 0 Å². The van der Waals surface area contributed by atoms with E-state index in [9.17, 15) is 0 Å². The molecule has 1 N–H and O–H groups in total. The van der Waals surface area contributed by atoms with Gasteiger partial charge in [-0.15, -0.1) is 24.0 Å². The summed E-state index contributed by atoms with van der Waals surface area (Å²) in [5, 5.41) is 7.27. The molecule has 130 valence electrons. The zero-order chi connectivity index (χ0) is 15.4. The van der Waals surface area contributed by atoms with Crippen molar-refractivity contribution in [3.05, 3.63) is 17.5 Å². The standard InChI is InChI=1S/C15H25N5O2.HI/c1-12-9-14(22-18-12)10-17-15(16-2)20-4-3-13(11-20)19-5-7-21-8-6-19;/h9,13H,3-8,10-11H2,1-2H3,(H,16,17);1H. The van der Waals surface area contributed by atoms with E-state index in [1.165, 1.54) is 6.42 Å². The third-order valence-electron chi connectivity index (χ3n) is 4.33. The van der Waals surface area contributed by atoms with Gasteiger partial charge in [-0.3, -0.25) is 9.89 Å². The van der Waals surface area contributed by atoms with Gasteiger partial charge in [0.15, 0.2) is 11.7 Å². The summed E-state index contributed by atoms with van der Waals surface area (Å²) in [6.45, 7) is 8.40. The average Bonchev–Trinajstić information content (AvgIpc) is 3.18. The molecule has 2 aliphatic rings. The molecule has 0 radical (unpaired) electrons. The molecule has 7 nitrogen and oxygen atoms in total. The van der Waals surface area contributed by atoms with Crippen LogP contribution in [0.4, 0.5) is 0 Å². The van der Waals surface area contributed by atoms with Gasteiger partial charge in [-0.1, -0.05) is 5.16 Å². The third-order valence-corrected chi connectivity index (χ3v) is 4.33. The van der Waals surface area contributed by atoms with E-state index in [1.54, 1.807) is 0 Å². The molecule has 1 atom stereocenters. The van der Waals surface area contributed by atoms with Gasteiger partial charge in [0.25, 0.3) is 0 Å². The zero-order valence-corrected chi connectivity index (χ0v) is 16.2. The molecule has 2 aliphatic heterocycles. The van der Waals surface area contributed by atoms with E-state index in [2.05, 4.69) is 25.3 Å². The van der Waals surface area contributed by atoms with Crippen molar-refractivity contribution in [2.24, 2.45) is 4.99 Å². The second-order valence-corrected chi connectivity index (χ2v) is 5.87. The van der Waals surface area contributed by atoms with Gasteiger partial charge in [-0.2, -0.15) is 0 Å². The molecule has 0 aliphatic carbocycles. The highest BCUT2D eigenvalue weighted by Crippen LogP contribution is 2.17. The maximum Gasteiger partial charge on any atom is 0.194 e. The first-order valence-electron chi connectivity index (χ1n) is 7.96. The number of aromatic nitrogens is 1. The fourth-order valence-corrected chi connectivity index (χ4v) is 3.17. The Morgan fingerprint density at radius 3 is 2.83 bits per heavy atom. The molecule has 1 aromatic rings. The van der Waals surface area contributed by atoms with E-state index in [1.807, 2.05) is 20.0 Å². The van der Waals surface area contributed by atoms with Crippen molar-refractivity contribution >= 4 is 29.9 Å². The van der Waals surface area contributed by atoms with Crippen LogP contribution in [0.5, 0.6) is 0 Å². The van der Waals surface area contributed by atoms with Gasteiger partial charge in [0.05, 0.1) is 25.5 Å². The van der Waals surface area contributed by atoms with E-state index in [-0.39, 0.29) is 24.0 Å². The number of nitrogens with zero attached hydrogens (tertiary/aromatic N) is 4. The molecule has 0 bridgehead atoms. The lowest BCUT2D eigenvalue weighted by Gasteiger charge is -2.32. The molecule has 0 spiro atoms. The first kappa shape index (κ1) is 18.5. The number of likely N-dealkylation sites (tertiary alicyclic amines) is 1. The van der Waals surface area contributed by atoms with E-state index >= 15 is 0 Å². The Labute approximate surface area is 154 Å². The average molecular weight is 435 g/mol. The predicted molar refractivity (Wildman–Crippen MR) is 99.2 cm³/mol. The van der Waals surface area contributed by atoms with Crippen LogP contribution < -0.4 is 5.32 Å². The second kappa shape index (κ2) is 8.84. The van der Waals surface area contributed by atoms with Crippen molar-refractivity contribution in [3.8, 4) is 0 Å². The number of morpholine rings is 1. The maximum atomic E-state index is 5.44. The van der Waals surface area contributed by atoms with E-state index < -0.39 is 0 Å². The number of ether oxygens (including phenoxy) is 1. The molecule has 2 fully saturated rings. The van der Waals surface area contributed by atoms with Gasteiger partial charge in [0.2, 0.25) is 0 Å². The lowest BCUT2D eigenvalue weighted by molar-refractivity contribution is 0.0195. The molecule has 1 unspecified atom stereocenters. The van der Waals surface area contributed by atoms with E-state index in [0.717, 1.165) is 56.8 Å². The number of aryl methyl sites for hydroxylation is 1. The van der Waals surface area contributed by atoms with Crippen molar-refractivity contribution in [2.75, 3.05) is 46.4 Å². The quantitative estimate of drug-likeness (QED) is 0.436. The summed E-state index contributed by atoms with van der Waals surface area (Å²) in [4.78, 5) is 9.26. The number of hydrogen-bond donors (Lipinski definition) is 1. The molecule has 0 saturated carbocycles. The van der Waals surface area contributed by atoms with Crippen molar-refractivity contribution in [3.63, 3.8) is 0 Å². The number of rotatable bonds is 3. The Morgan fingerprint density at radius 1 is 1.39 bits per heavy atom. The fraction of sp³-hybridized carbons (Fsp3) is 0.733. The van der Waals surface area contributed by atoms with Gasteiger partial charge in [0, 0.05) is 45.3 Å². The predicted octanol–water partition coefficient (Wildman–Crippen LogP) is 1.08. The van der Waals surface area contributed by atoms with Crippen LogP contribution in [-0.2, 0) is 11.3 Å². The molecule has 1 aromatic heterocycles. The van der Waals surface area contributed by atoms with Crippen molar-refractivity contribution in [1.29, 1.82) is 0 Å². The van der Waals surface area contributed by atoms with Crippen LogP contribution in [0.15, 0.2) is 15.6 Å². The number of halogens is 1. The molecular weight excluding hydrogens is 409 g/mol. The van der Waals surface area contributed by atoms with Crippen LogP contribution in [-0.4, -0.2) is 73.4 Å². The van der Waals surface area contributed by atoms with Crippen LogP contribution in [0.25, 0.3) is 0 Å². The minimum absolute atomic E-state index is 0. The van der Waals surface area contributed by atoms with Crippen LogP contribution in [0.1, 0.15) is 17.9 Å². The summed E-state index contributed by atoms with van der Waals surface area (Å²) in [6, 6.07) is 2.55. The first-order chi connectivity index (χ1) is 10.8. The molecule has 2 saturated heterocycles. The molecular formula is C15H26IN5O2. The lowest BCUT2D eigenvalue weighted by Crippen LogP contribution is -2.46. The highest BCUT2D eigenvalue weighted by molar-refractivity contribution is 14.0. The summed E-state index contributed by atoms with van der Waals surface area (Å²) in [6.07, 6.45) is 1.18. The normalized spacial score (nSPS) is 23.0.